The normalized spacial score (nSPS) is 11.9. The quantitative estimate of drug-likeness (QED) is 0.923. The Kier molecular flexibility index (Phi) is 4.39. The molecule has 0 aliphatic carbocycles. The molecular formula is C17H17NO2. The van der Waals surface area contributed by atoms with Gasteiger partial charge in [0.1, 0.15) is 11.9 Å². The van der Waals surface area contributed by atoms with Gasteiger partial charge in [-0.1, -0.05) is 24.3 Å². The number of benzene rings is 2. The van der Waals surface area contributed by atoms with Crippen LogP contribution in [0, 0.1) is 11.3 Å². The Balaban J connectivity index is 2.23. The first-order valence-electron chi connectivity index (χ1n) is 6.55. The lowest BCUT2D eigenvalue weighted by Gasteiger charge is -2.14. The second-order valence-electron chi connectivity index (χ2n) is 4.88. The van der Waals surface area contributed by atoms with Gasteiger partial charge in [-0.05, 0) is 49.2 Å². The molecule has 0 fully saturated rings. The van der Waals surface area contributed by atoms with Crippen molar-refractivity contribution >= 4 is 0 Å². The minimum absolute atomic E-state index is 0.0947. The molecule has 1 atom stereocenters. The number of ether oxygens (including phenoxy) is 1. The predicted molar refractivity (Wildman–Crippen MR) is 77.4 cm³/mol. The molecule has 0 saturated carbocycles. The third-order valence-electron chi connectivity index (χ3n) is 2.90. The van der Waals surface area contributed by atoms with E-state index in [1.54, 1.807) is 24.3 Å². The molecule has 102 valence electrons. The van der Waals surface area contributed by atoms with Crippen molar-refractivity contribution in [3.63, 3.8) is 0 Å². The van der Waals surface area contributed by atoms with E-state index in [2.05, 4.69) is 6.07 Å². The molecule has 0 spiro atoms. The van der Waals surface area contributed by atoms with Gasteiger partial charge in [-0.25, -0.2) is 0 Å². The van der Waals surface area contributed by atoms with Gasteiger partial charge in [-0.2, -0.15) is 5.26 Å². The van der Waals surface area contributed by atoms with Crippen molar-refractivity contribution in [3.8, 4) is 11.8 Å². The van der Waals surface area contributed by atoms with Crippen molar-refractivity contribution < 1.29 is 9.84 Å². The highest BCUT2D eigenvalue weighted by Gasteiger charge is 2.11. The first-order chi connectivity index (χ1) is 9.60. The van der Waals surface area contributed by atoms with Gasteiger partial charge in [0.25, 0.3) is 0 Å². The average Bonchev–Trinajstić information content (AvgIpc) is 2.46. The van der Waals surface area contributed by atoms with Gasteiger partial charge in [0.05, 0.1) is 17.7 Å². The minimum Gasteiger partial charge on any atom is -0.491 e. The molecule has 0 aliphatic heterocycles. The fourth-order valence-electron chi connectivity index (χ4n) is 1.96. The lowest BCUT2D eigenvalue weighted by molar-refractivity contribution is 0.216. The molecule has 0 heterocycles. The van der Waals surface area contributed by atoms with Crippen LogP contribution in [0.1, 0.15) is 36.6 Å². The van der Waals surface area contributed by atoms with Crippen LogP contribution >= 0.6 is 0 Å². The first-order valence-corrected chi connectivity index (χ1v) is 6.55. The van der Waals surface area contributed by atoms with Crippen molar-refractivity contribution in [1.82, 2.24) is 0 Å². The van der Waals surface area contributed by atoms with E-state index in [1.807, 2.05) is 38.1 Å². The lowest BCUT2D eigenvalue weighted by Crippen LogP contribution is -2.06. The summed E-state index contributed by atoms with van der Waals surface area (Å²) in [6.45, 7) is 3.92. The Morgan fingerprint density at radius 2 is 1.75 bits per heavy atom. The van der Waals surface area contributed by atoms with E-state index in [9.17, 15) is 5.11 Å². The zero-order chi connectivity index (χ0) is 14.5. The van der Waals surface area contributed by atoms with Gasteiger partial charge < -0.3 is 9.84 Å². The molecule has 0 aromatic heterocycles. The monoisotopic (exact) mass is 267 g/mol. The zero-order valence-electron chi connectivity index (χ0n) is 11.6. The number of nitrogens with zero attached hydrogens (tertiary/aromatic N) is 1. The number of hydrogen-bond acceptors (Lipinski definition) is 3. The second kappa shape index (κ2) is 6.23. The highest BCUT2D eigenvalue weighted by molar-refractivity contribution is 5.38. The highest BCUT2D eigenvalue weighted by atomic mass is 16.5. The van der Waals surface area contributed by atoms with Crippen LogP contribution in [-0.4, -0.2) is 11.2 Å². The Morgan fingerprint density at radius 1 is 1.05 bits per heavy atom. The number of hydrogen-bond donors (Lipinski definition) is 1. The second-order valence-corrected chi connectivity index (χ2v) is 4.88. The molecule has 2 rings (SSSR count). The summed E-state index contributed by atoms with van der Waals surface area (Å²) in [4.78, 5) is 0. The topological polar surface area (TPSA) is 53.2 Å². The van der Waals surface area contributed by atoms with Crippen LogP contribution in [0.4, 0.5) is 0 Å². The summed E-state index contributed by atoms with van der Waals surface area (Å²) in [5.74, 6) is 0.741. The van der Waals surface area contributed by atoms with E-state index in [1.165, 1.54) is 0 Å². The molecule has 20 heavy (non-hydrogen) atoms. The average molecular weight is 267 g/mol. The van der Waals surface area contributed by atoms with E-state index in [0.29, 0.717) is 5.56 Å². The van der Waals surface area contributed by atoms with Gasteiger partial charge in [0, 0.05) is 0 Å². The van der Waals surface area contributed by atoms with Gasteiger partial charge in [-0.3, -0.25) is 0 Å². The SMILES string of the molecule is CC(C)Oc1cccc(C(O)c2ccc(C#N)cc2)c1. The van der Waals surface area contributed by atoms with Crippen molar-refractivity contribution in [3.05, 3.63) is 65.2 Å². The smallest absolute Gasteiger partial charge is 0.120 e. The van der Waals surface area contributed by atoms with Gasteiger partial charge in [0.15, 0.2) is 0 Å². The molecule has 3 heteroatoms. The van der Waals surface area contributed by atoms with E-state index in [0.717, 1.165) is 16.9 Å². The van der Waals surface area contributed by atoms with E-state index in [4.69, 9.17) is 10.00 Å². The van der Waals surface area contributed by atoms with E-state index >= 15 is 0 Å². The first kappa shape index (κ1) is 14.1. The lowest BCUT2D eigenvalue weighted by atomic mass is 10.0. The molecule has 0 aliphatic rings. The van der Waals surface area contributed by atoms with Gasteiger partial charge >= 0.3 is 0 Å². The van der Waals surface area contributed by atoms with Crippen LogP contribution in [0.25, 0.3) is 0 Å². The fourth-order valence-corrected chi connectivity index (χ4v) is 1.96. The molecule has 2 aromatic rings. The number of nitriles is 1. The molecule has 0 amide bonds. The summed E-state index contributed by atoms with van der Waals surface area (Å²) in [5, 5.41) is 19.2. The van der Waals surface area contributed by atoms with Crippen molar-refractivity contribution in [2.75, 3.05) is 0 Å². The summed E-state index contributed by atoms with van der Waals surface area (Å²) in [7, 11) is 0. The maximum absolute atomic E-state index is 10.4. The summed E-state index contributed by atoms with van der Waals surface area (Å²) in [6, 6.07) is 16.4. The Labute approximate surface area is 119 Å². The van der Waals surface area contributed by atoms with Crippen LogP contribution in [0.15, 0.2) is 48.5 Å². The number of aliphatic hydroxyl groups excluding tert-OH is 1. The third-order valence-corrected chi connectivity index (χ3v) is 2.90. The van der Waals surface area contributed by atoms with Crippen LogP contribution in [-0.2, 0) is 0 Å². The third kappa shape index (κ3) is 3.37. The van der Waals surface area contributed by atoms with Crippen molar-refractivity contribution in [2.24, 2.45) is 0 Å². The molecular weight excluding hydrogens is 250 g/mol. The number of aliphatic hydroxyl groups is 1. The molecule has 1 N–H and O–H groups in total. The summed E-state index contributed by atoms with van der Waals surface area (Å²) < 4.78 is 5.62. The van der Waals surface area contributed by atoms with Crippen molar-refractivity contribution in [1.29, 1.82) is 5.26 Å². The van der Waals surface area contributed by atoms with Crippen LogP contribution < -0.4 is 4.74 Å². The van der Waals surface area contributed by atoms with E-state index < -0.39 is 6.10 Å². The minimum atomic E-state index is -0.724. The van der Waals surface area contributed by atoms with Gasteiger partial charge in [0.2, 0.25) is 0 Å². The molecule has 0 radical (unpaired) electrons. The molecule has 1 unspecified atom stereocenters. The Hall–Kier alpha value is -2.31. The predicted octanol–water partition coefficient (Wildman–Crippen LogP) is 3.43. The van der Waals surface area contributed by atoms with Crippen LogP contribution in [0.5, 0.6) is 5.75 Å². The van der Waals surface area contributed by atoms with E-state index in [-0.39, 0.29) is 6.10 Å². The standard InChI is InChI=1S/C17H17NO2/c1-12(2)20-16-5-3-4-15(10-16)17(19)14-8-6-13(11-18)7-9-14/h3-10,12,17,19H,1-2H3. The Bertz CT molecular complexity index is 612. The maximum atomic E-state index is 10.4. The summed E-state index contributed by atoms with van der Waals surface area (Å²) in [6.07, 6.45) is -0.629. The number of rotatable bonds is 4. The summed E-state index contributed by atoms with van der Waals surface area (Å²) in [5.41, 5.74) is 2.11. The molecule has 0 bridgehead atoms. The zero-order valence-corrected chi connectivity index (χ0v) is 11.6. The van der Waals surface area contributed by atoms with Crippen LogP contribution in [0.2, 0.25) is 0 Å². The highest BCUT2D eigenvalue weighted by Crippen LogP contribution is 2.25. The molecule has 0 saturated heterocycles. The van der Waals surface area contributed by atoms with Crippen LogP contribution in [0.3, 0.4) is 0 Å². The van der Waals surface area contributed by atoms with Crippen molar-refractivity contribution in [2.45, 2.75) is 26.1 Å². The largest absolute Gasteiger partial charge is 0.491 e. The fraction of sp³-hybridized carbons (Fsp3) is 0.235. The molecule has 3 nitrogen and oxygen atoms in total. The maximum Gasteiger partial charge on any atom is 0.120 e. The molecule has 2 aromatic carbocycles. The Morgan fingerprint density at radius 3 is 2.35 bits per heavy atom. The van der Waals surface area contributed by atoms with Gasteiger partial charge in [-0.15, -0.1) is 0 Å². The summed E-state index contributed by atoms with van der Waals surface area (Å²) >= 11 is 0.